The van der Waals surface area contributed by atoms with Crippen molar-refractivity contribution < 1.29 is 13.5 Å². The summed E-state index contributed by atoms with van der Waals surface area (Å²) < 4.78 is 27.7. The van der Waals surface area contributed by atoms with Crippen molar-refractivity contribution in [3.8, 4) is 0 Å². The third kappa shape index (κ3) is 3.32. The van der Waals surface area contributed by atoms with Crippen LogP contribution in [0.5, 0.6) is 0 Å². The summed E-state index contributed by atoms with van der Waals surface area (Å²) in [6.07, 6.45) is 0.661. The molecule has 1 fully saturated rings. The summed E-state index contributed by atoms with van der Waals surface area (Å²) in [5.41, 5.74) is 1.24. The van der Waals surface area contributed by atoms with Crippen LogP contribution in [-0.2, 0) is 10.0 Å². The Morgan fingerprint density at radius 1 is 0.826 bits per heavy atom. The molecule has 1 heterocycles. The van der Waals surface area contributed by atoms with Crippen LogP contribution in [0.1, 0.15) is 35.3 Å². The van der Waals surface area contributed by atoms with Gasteiger partial charge in [0, 0.05) is 13.1 Å². The fourth-order valence-electron chi connectivity index (χ4n) is 3.09. The van der Waals surface area contributed by atoms with E-state index in [1.54, 1.807) is 36.4 Å². The zero-order chi connectivity index (χ0) is 16.3. The van der Waals surface area contributed by atoms with Crippen LogP contribution >= 0.6 is 0 Å². The summed E-state index contributed by atoms with van der Waals surface area (Å²) in [6.45, 7) is 1.07. The van der Waals surface area contributed by atoms with Crippen molar-refractivity contribution in [3.63, 3.8) is 0 Å². The molecule has 3 rings (SSSR count). The molecule has 0 spiro atoms. The molecule has 2 unspecified atom stereocenters. The van der Waals surface area contributed by atoms with Crippen molar-refractivity contribution in [1.82, 2.24) is 4.31 Å². The summed E-state index contributed by atoms with van der Waals surface area (Å²) in [6, 6.07) is 18.0. The summed E-state index contributed by atoms with van der Waals surface area (Å²) in [5.74, 6) is 0. The number of aliphatic hydroxyl groups excluding tert-OH is 1. The van der Waals surface area contributed by atoms with E-state index in [9.17, 15) is 13.5 Å². The maximum atomic E-state index is 13.1. The first kappa shape index (κ1) is 16.2. The predicted molar refractivity (Wildman–Crippen MR) is 90.3 cm³/mol. The molecule has 2 aromatic rings. The fourth-order valence-corrected chi connectivity index (χ4v) is 5.16. The van der Waals surface area contributed by atoms with Crippen molar-refractivity contribution in [1.29, 1.82) is 0 Å². The van der Waals surface area contributed by atoms with Gasteiger partial charge in [0.2, 0.25) is 10.0 Å². The minimum Gasteiger partial charge on any atom is -0.387 e. The molecule has 122 valence electrons. The van der Waals surface area contributed by atoms with Crippen molar-refractivity contribution >= 4 is 10.0 Å². The van der Waals surface area contributed by atoms with Gasteiger partial charge in [-0.3, -0.25) is 0 Å². The molecule has 1 N–H and O–H groups in total. The van der Waals surface area contributed by atoms with Gasteiger partial charge in [-0.25, -0.2) is 12.7 Å². The van der Waals surface area contributed by atoms with Gasteiger partial charge in [-0.05, 0) is 24.0 Å². The first-order valence-corrected chi connectivity index (χ1v) is 9.38. The molecule has 2 atom stereocenters. The summed E-state index contributed by atoms with van der Waals surface area (Å²) in [7, 11) is -3.62. The zero-order valence-corrected chi connectivity index (χ0v) is 13.7. The van der Waals surface area contributed by atoms with Crippen LogP contribution in [0.25, 0.3) is 0 Å². The summed E-state index contributed by atoms with van der Waals surface area (Å²) in [4.78, 5) is 0. The molecular weight excluding hydrogens is 310 g/mol. The Labute approximate surface area is 137 Å². The smallest absolute Gasteiger partial charge is 0.224 e. The van der Waals surface area contributed by atoms with E-state index in [1.165, 1.54) is 4.31 Å². The lowest BCUT2D eigenvalue weighted by Crippen LogP contribution is -2.35. The molecule has 0 bridgehead atoms. The number of aliphatic hydroxyl groups is 1. The van der Waals surface area contributed by atoms with Crippen LogP contribution in [0.15, 0.2) is 60.7 Å². The standard InChI is InChI=1S/C18H21NO3S/c20-17(15-9-3-1-4-10-15)18(16-11-5-2-6-12-16)23(21,22)19-13-7-8-14-19/h1-6,9-12,17-18,20H,7-8,13-14H2. The van der Waals surface area contributed by atoms with Crippen LogP contribution in [-0.4, -0.2) is 30.9 Å². The molecule has 1 saturated heterocycles. The molecule has 1 aliphatic rings. The molecule has 0 aliphatic carbocycles. The van der Waals surface area contributed by atoms with Gasteiger partial charge in [0.15, 0.2) is 0 Å². The highest BCUT2D eigenvalue weighted by Gasteiger charge is 2.39. The van der Waals surface area contributed by atoms with Crippen LogP contribution in [0.4, 0.5) is 0 Å². The van der Waals surface area contributed by atoms with E-state index < -0.39 is 21.4 Å². The van der Waals surface area contributed by atoms with Crippen molar-refractivity contribution in [2.45, 2.75) is 24.2 Å². The number of sulfonamides is 1. The number of hydrogen-bond acceptors (Lipinski definition) is 3. The summed E-state index contributed by atoms with van der Waals surface area (Å²) in [5, 5.41) is 9.84. The average Bonchev–Trinajstić information content (AvgIpc) is 3.12. The molecule has 1 aliphatic heterocycles. The third-order valence-electron chi connectivity index (χ3n) is 4.30. The fraction of sp³-hybridized carbons (Fsp3) is 0.333. The first-order valence-electron chi connectivity index (χ1n) is 7.87. The van der Waals surface area contributed by atoms with Gasteiger partial charge in [0.1, 0.15) is 11.4 Å². The Morgan fingerprint density at radius 3 is 1.83 bits per heavy atom. The first-order chi connectivity index (χ1) is 11.1. The molecular formula is C18H21NO3S. The molecule has 2 aromatic carbocycles. The molecule has 4 nitrogen and oxygen atoms in total. The Kier molecular flexibility index (Phi) is 4.80. The molecule has 0 aromatic heterocycles. The van der Waals surface area contributed by atoms with Crippen molar-refractivity contribution in [2.24, 2.45) is 0 Å². The third-order valence-corrected chi connectivity index (χ3v) is 6.56. The lowest BCUT2D eigenvalue weighted by atomic mass is 10.0. The van der Waals surface area contributed by atoms with E-state index in [2.05, 4.69) is 0 Å². The highest BCUT2D eigenvalue weighted by Crippen LogP contribution is 2.38. The predicted octanol–water partition coefficient (Wildman–Crippen LogP) is 2.89. The largest absolute Gasteiger partial charge is 0.387 e. The minimum absolute atomic E-state index is 0.535. The lowest BCUT2D eigenvalue weighted by molar-refractivity contribution is 0.168. The molecule has 5 heteroatoms. The Bertz CT molecular complexity index is 725. The molecule has 0 saturated carbocycles. The van der Waals surface area contributed by atoms with Crippen LogP contribution in [0.2, 0.25) is 0 Å². The van der Waals surface area contributed by atoms with Gasteiger partial charge in [0.05, 0.1) is 0 Å². The van der Waals surface area contributed by atoms with E-state index in [0.717, 1.165) is 12.8 Å². The maximum Gasteiger partial charge on any atom is 0.224 e. The maximum absolute atomic E-state index is 13.1. The van der Waals surface area contributed by atoms with E-state index in [1.807, 2.05) is 24.3 Å². The molecule has 0 amide bonds. The number of rotatable bonds is 5. The Morgan fingerprint density at radius 2 is 1.30 bits per heavy atom. The number of hydrogen-bond donors (Lipinski definition) is 1. The SMILES string of the molecule is O=S(=O)(C(c1ccccc1)C(O)c1ccccc1)N1CCCC1. The molecule has 23 heavy (non-hydrogen) atoms. The number of benzene rings is 2. The quantitative estimate of drug-likeness (QED) is 0.916. The van der Waals surface area contributed by atoms with Crippen LogP contribution < -0.4 is 0 Å². The van der Waals surface area contributed by atoms with E-state index >= 15 is 0 Å². The van der Waals surface area contributed by atoms with E-state index in [4.69, 9.17) is 0 Å². The highest BCUT2D eigenvalue weighted by atomic mass is 32.2. The second-order valence-corrected chi connectivity index (χ2v) is 7.89. The summed E-state index contributed by atoms with van der Waals surface area (Å²) >= 11 is 0. The van der Waals surface area contributed by atoms with Gasteiger partial charge in [-0.1, -0.05) is 60.7 Å². The Balaban J connectivity index is 2.04. The minimum atomic E-state index is -3.62. The normalized spacial score (nSPS) is 18.7. The van der Waals surface area contributed by atoms with Crippen molar-refractivity contribution in [3.05, 3.63) is 71.8 Å². The van der Waals surface area contributed by atoms with Gasteiger partial charge < -0.3 is 5.11 Å². The highest BCUT2D eigenvalue weighted by molar-refractivity contribution is 7.89. The van der Waals surface area contributed by atoms with E-state index in [-0.39, 0.29) is 0 Å². The number of nitrogens with zero attached hydrogens (tertiary/aromatic N) is 1. The van der Waals surface area contributed by atoms with Crippen molar-refractivity contribution in [2.75, 3.05) is 13.1 Å². The second kappa shape index (κ2) is 6.83. The monoisotopic (exact) mass is 331 g/mol. The average molecular weight is 331 g/mol. The van der Waals surface area contributed by atoms with Gasteiger partial charge in [0.25, 0.3) is 0 Å². The second-order valence-electron chi connectivity index (χ2n) is 5.84. The van der Waals surface area contributed by atoms with Crippen LogP contribution in [0.3, 0.4) is 0 Å². The van der Waals surface area contributed by atoms with Gasteiger partial charge in [-0.15, -0.1) is 0 Å². The zero-order valence-electron chi connectivity index (χ0n) is 12.9. The van der Waals surface area contributed by atoms with E-state index in [0.29, 0.717) is 24.2 Å². The van der Waals surface area contributed by atoms with Gasteiger partial charge in [-0.2, -0.15) is 0 Å². The molecule has 0 radical (unpaired) electrons. The van der Waals surface area contributed by atoms with Gasteiger partial charge >= 0.3 is 0 Å². The Hall–Kier alpha value is -1.69. The lowest BCUT2D eigenvalue weighted by Gasteiger charge is -2.28. The van der Waals surface area contributed by atoms with Crippen LogP contribution in [0, 0.1) is 0 Å². The topological polar surface area (TPSA) is 57.6 Å².